The van der Waals surface area contributed by atoms with Crippen molar-refractivity contribution in [3.05, 3.63) is 0 Å². The Balaban J connectivity index is 0.00000484. The molecule has 0 aliphatic heterocycles. The lowest BCUT2D eigenvalue weighted by Gasteiger charge is -2.31. The van der Waals surface area contributed by atoms with E-state index < -0.39 is 12.1 Å². The molecule has 138 valence electrons. The molecule has 2 N–H and O–H groups in total. The average Bonchev–Trinajstić information content (AvgIpc) is 2.46. The van der Waals surface area contributed by atoms with Crippen molar-refractivity contribution in [1.29, 1.82) is 0 Å². The van der Waals surface area contributed by atoms with Gasteiger partial charge in [-0.25, -0.2) is 0 Å². The molecule has 0 amide bonds. The summed E-state index contributed by atoms with van der Waals surface area (Å²) in [6.45, 7) is 3.39. The molecule has 8 heteroatoms. The Morgan fingerprint density at radius 2 is 2.00 bits per heavy atom. The first-order valence-corrected chi connectivity index (χ1v) is 9.47. The molecule has 0 saturated heterocycles. The second-order valence-corrected chi connectivity index (χ2v) is 6.69. The van der Waals surface area contributed by atoms with Gasteiger partial charge in [0.15, 0.2) is 5.96 Å². The monoisotopic (exact) mass is 467 g/mol. The zero-order valence-electron chi connectivity index (χ0n) is 13.9. The van der Waals surface area contributed by atoms with Crippen LogP contribution in [0.5, 0.6) is 0 Å². The number of hydrogen-bond acceptors (Lipinski definition) is 2. The number of aliphatic imine (C=N–C) groups is 1. The number of halogens is 4. The largest absolute Gasteiger partial charge is 0.391 e. The summed E-state index contributed by atoms with van der Waals surface area (Å²) in [6.07, 6.45) is 1.93. The molecule has 0 aromatic carbocycles. The summed E-state index contributed by atoms with van der Waals surface area (Å²) in [4.78, 5) is 4.47. The average molecular weight is 467 g/mol. The molecule has 2 atom stereocenters. The van der Waals surface area contributed by atoms with Gasteiger partial charge in [-0.2, -0.15) is 24.9 Å². The maximum absolute atomic E-state index is 12.8. The molecule has 1 fully saturated rings. The quantitative estimate of drug-likeness (QED) is 0.252. The summed E-state index contributed by atoms with van der Waals surface area (Å²) >= 11 is 1.82. The van der Waals surface area contributed by atoms with Crippen LogP contribution < -0.4 is 10.6 Å². The van der Waals surface area contributed by atoms with E-state index in [4.69, 9.17) is 0 Å². The standard InChI is InChI=1S/C15H28F3N3S.HI/c1-3-19-14(20-9-4-5-10-22-2)21-13-8-6-7-12(11-13)15(16,17)18;/h12-13H,3-11H2,1-2H3,(H2,19,20,21);1H. The molecule has 0 bridgehead atoms. The Kier molecular flexibility index (Phi) is 12.6. The summed E-state index contributed by atoms with van der Waals surface area (Å²) in [5.74, 6) is 0.595. The van der Waals surface area contributed by atoms with Gasteiger partial charge >= 0.3 is 6.18 Å². The second kappa shape index (κ2) is 12.5. The third kappa shape index (κ3) is 9.89. The third-order valence-corrected chi connectivity index (χ3v) is 4.55. The van der Waals surface area contributed by atoms with E-state index in [1.807, 2.05) is 18.7 Å². The predicted molar refractivity (Wildman–Crippen MR) is 104 cm³/mol. The molecule has 3 nitrogen and oxygen atoms in total. The zero-order valence-corrected chi connectivity index (χ0v) is 17.1. The van der Waals surface area contributed by atoms with Gasteiger partial charge < -0.3 is 10.6 Å². The summed E-state index contributed by atoms with van der Waals surface area (Å²) in [5, 5.41) is 6.31. The minimum Gasteiger partial charge on any atom is -0.357 e. The minimum atomic E-state index is -4.08. The lowest BCUT2D eigenvalue weighted by molar-refractivity contribution is -0.183. The minimum absolute atomic E-state index is 0. The van der Waals surface area contributed by atoms with Crippen molar-refractivity contribution in [2.75, 3.05) is 25.1 Å². The van der Waals surface area contributed by atoms with Crippen molar-refractivity contribution >= 4 is 41.7 Å². The normalized spacial score (nSPS) is 22.4. The van der Waals surface area contributed by atoms with Crippen molar-refractivity contribution in [1.82, 2.24) is 10.6 Å². The topological polar surface area (TPSA) is 36.4 Å². The number of rotatable bonds is 7. The van der Waals surface area contributed by atoms with Crippen LogP contribution in [-0.4, -0.2) is 43.3 Å². The third-order valence-electron chi connectivity index (χ3n) is 3.85. The molecule has 0 spiro atoms. The Morgan fingerprint density at radius 3 is 2.61 bits per heavy atom. The fourth-order valence-electron chi connectivity index (χ4n) is 2.68. The van der Waals surface area contributed by atoms with Crippen LogP contribution in [0.4, 0.5) is 13.2 Å². The summed E-state index contributed by atoms with van der Waals surface area (Å²) in [5.41, 5.74) is 0. The van der Waals surface area contributed by atoms with Crippen molar-refractivity contribution in [3.63, 3.8) is 0 Å². The fraction of sp³-hybridized carbons (Fsp3) is 0.933. The Hall–Kier alpha value is 0.140. The number of nitrogens with one attached hydrogen (secondary N) is 2. The van der Waals surface area contributed by atoms with Gasteiger partial charge in [-0.3, -0.25) is 4.99 Å². The fourth-order valence-corrected chi connectivity index (χ4v) is 3.17. The van der Waals surface area contributed by atoms with Crippen LogP contribution in [0.2, 0.25) is 0 Å². The highest BCUT2D eigenvalue weighted by molar-refractivity contribution is 14.0. The Morgan fingerprint density at radius 1 is 1.26 bits per heavy atom. The predicted octanol–water partition coefficient (Wildman–Crippen LogP) is 4.42. The molecule has 0 radical (unpaired) electrons. The number of alkyl halides is 3. The number of nitrogens with zero attached hydrogens (tertiary/aromatic N) is 1. The molecule has 1 aliphatic rings. The van der Waals surface area contributed by atoms with Gasteiger partial charge in [0.25, 0.3) is 0 Å². The van der Waals surface area contributed by atoms with Gasteiger partial charge in [0.2, 0.25) is 0 Å². The smallest absolute Gasteiger partial charge is 0.357 e. The molecule has 0 aromatic heterocycles. The van der Waals surface area contributed by atoms with E-state index in [1.54, 1.807) is 0 Å². The second-order valence-electron chi connectivity index (χ2n) is 5.71. The molecular weight excluding hydrogens is 438 g/mol. The summed E-state index contributed by atoms with van der Waals surface area (Å²) in [7, 11) is 0. The van der Waals surface area contributed by atoms with Gasteiger partial charge in [0.1, 0.15) is 0 Å². The molecule has 0 heterocycles. The van der Waals surface area contributed by atoms with E-state index in [0.717, 1.165) is 25.0 Å². The molecule has 2 unspecified atom stereocenters. The van der Waals surface area contributed by atoms with Gasteiger partial charge in [-0.1, -0.05) is 6.42 Å². The van der Waals surface area contributed by atoms with Crippen molar-refractivity contribution < 1.29 is 13.2 Å². The SMILES string of the molecule is CCNC(=NCCCCSC)NC1CCCC(C(F)(F)F)C1.I. The number of guanidine groups is 1. The van der Waals surface area contributed by atoms with Crippen molar-refractivity contribution in [2.45, 2.75) is 57.7 Å². The highest BCUT2D eigenvalue weighted by Crippen LogP contribution is 2.37. The first-order valence-electron chi connectivity index (χ1n) is 8.07. The van der Waals surface area contributed by atoms with Crippen molar-refractivity contribution in [2.24, 2.45) is 10.9 Å². The highest BCUT2D eigenvalue weighted by Gasteiger charge is 2.42. The van der Waals surface area contributed by atoms with E-state index in [0.29, 0.717) is 25.5 Å². The van der Waals surface area contributed by atoms with E-state index in [9.17, 15) is 13.2 Å². The first-order chi connectivity index (χ1) is 10.5. The highest BCUT2D eigenvalue weighted by atomic mass is 127. The molecule has 0 aromatic rings. The number of hydrogen-bond donors (Lipinski definition) is 2. The van der Waals surface area contributed by atoms with E-state index in [2.05, 4.69) is 21.9 Å². The van der Waals surface area contributed by atoms with Gasteiger partial charge in [-0.15, -0.1) is 24.0 Å². The van der Waals surface area contributed by atoms with Crippen LogP contribution in [0.1, 0.15) is 45.4 Å². The summed E-state index contributed by atoms with van der Waals surface area (Å²) in [6, 6.07) is -0.135. The van der Waals surface area contributed by atoms with E-state index in [-0.39, 0.29) is 42.9 Å². The van der Waals surface area contributed by atoms with Crippen LogP contribution in [0.25, 0.3) is 0 Å². The summed E-state index contributed by atoms with van der Waals surface area (Å²) < 4.78 is 38.5. The molecule has 1 aliphatic carbocycles. The maximum atomic E-state index is 12.8. The van der Waals surface area contributed by atoms with Gasteiger partial charge in [0.05, 0.1) is 5.92 Å². The van der Waals surface area contributed by atoms with Crippen LogP contribution in [0.15, 0.2) is 4.99 Å². The lowest BCUT2D eigenvalue weighted by atomic mass is 9.85. The number of thioether (sulfide) groups is 1. The maximum Gasteiger partial charge on any atom is 0.391 e. The Bertz CT molecular complexity index is 340. The molecule has 23 heavy (non-hydrogen) atoms. The first kappa shape index (κ1) is 23.1. The molecular formula is C15H29F3IN3S. The Labute approximate surface area is 159 Å². The van der Waals surface area contributed by atoms with E-state index in [1.165, 1.54) is 0 Å². The van der Waals surface area contributed by atoms with Crippen LogP contribution in [-0.2, 0) is 0 Å². The van der Waals surface area contributed by atoms with Crippen LogP contribution in [0, 0.1) is 5.92 Å². The lowest BCUT2D eigenvalue weighted by Crippen LogP contribution is -2.46. The molecule has 1 rings (SSSR count). The van der Waals surface area contributed by atoms with Crippen LogP contribution in [0.3, 0.4) is 0 Å². The zero-order chi connectivity index (χ0) is 16.4. The number of unbranched alkanes of at least 4 members (excludes halogenated alkanes) is 1. The van der Waals surface area contributed by atoms with E-state index >= 15 is 0 Å². The van der Waals surface area contributed by atoms with Crippen LogP contribution >= 0.6 is 35.7 Å². The van der Waals surface area contributed by atoms with Gasteiger partial charge in [0, 0.05) is 19.1 Å². The molecule has 1 saturated carbocycles. The van der Waals surface area contributed by atoms with Gasteiger partial charge in [-0.05, 0) is 51.0 Å². The van der Waals surface area contributed by atoms with Crippen molar-refractivity contribution in [3.8, 4) is 0 Å².